The highest BCUT2D eigenvalue weighted by Gasteiger charge is 2.46. The molecule has 0 saturated carbocycles. The van der Waals surface area contributed by atoms with Gasteiger partial charge in [0, 0.05) is 29.4 Å². The minimum Gasteiger partial charge on any atom is -0.494 e. The van der Waals surface area contributed by atoms with Gasteiger partial charge in [0.05, 0.1) is 29.7 Å². The number of nitrogens with one attached hydrogen (secondary N) is 1. The third kappa shape index (κ3) is 6.02. The molecule has 1 amide bonds. The molecule has 0 spiro atoms. The first kappa shape index (κ1) is 31.7. The van der Waals surface area contributed by atoms with Crippen molar-refractivity contribution in [1.82, 2.24) is 9.88 Å². The quantitative estimate of drug-likeness (QED) is 0.215. The number of hydrogen-bond donors (Lipinski definition) is 3. The minimum absolute atomic E-state index is 0.0116. The number of methoxy groups -OCH3 is 1. The Morgan fingerprint density at radius 1 is 1.16 bits per heavy atom. The first-order chi connectivity index (χ1) is 21.5. The van der Waals surface area contributed by atoms with Crippen LogP contribution >= 0.6 is 0 Å². The van der Waals surface area contributed by atoms with Gasteiger partial charge in [-0.1, -0.05) is 38.1 Å². The van der Waals surface area contributed by atoms with Gasteiger partial charge in [-0.05, 0) is 65.8 Å². The number of likely N-dealkylation sites (tertiary alicyclic amines) is 1. The van der Waals surface area contributed by atoms with Gasteiger partial charge >= 0.3 is 5.97 Å². The minimum atomic E-state index is -3.77. The largest absolute Gasteiger partial charge is 0.494 e. The van der Waals surface area contributed by atoms with Crippen LogP contribution in [0.5, 0.6) is 5.75 Å². The van der Waals surface area contributed by atoms with E-state index in [4.69, 9.17) is 10.5 Å². The van der Waals surface area contributed by atoms with Gasteiger partial charge in [-0.2, -0.15) is 0 Å². The van der Waals surface area contributed by atoms with Crippen molar-refractivity contribution in [3.63, 3.8) is 0 Å². The summed E-state index contributed by atoms with van der Waals surface area (Å²) in [4.78, 5) is 32.6. The second-order valence-electron chi connectivity index (χ2n) is 10.9. The molecular weight excluding hydrogens is 599 g/mol. The van der Waals surface area contributed by atoms with Gasteiger partial charge in [-0.15, -0.1) is 0 Å². The summed E-state index contributed by atoms with van der Waals surface area (Å²) in [6.07, 6.45) is 2.17. The highest BCUT2D eigenvalue weighted by Crippen LogP contribution is 2.43. The first-order valence-electron chi connectivity index (χ1n) is 14.6. The number of pyridine rings is 1. The second kappa shape index (κ2) is 12.7. The van der Waals surface area contributed by atoms with Crippen molar-refractivity contribution < 1.29 is 32.2 Å². The molecule has 45 heavy (non-hydrogen) atoms. The van der Waals surface area contributed by atoms with Gasteiger partial charge in [0.2, 0.25) is 5.91 Å². The fourth-order valence-electron chi connectivity index (χ4n) is 5.98. The lowest BCUT2D eigenvalue weighted by molar-refractivity contribution is -0.143. The molecule has 0 radical (unpaired) electrons. The molecule has 1 saturated heterocycles. The summed E-state index contributed by atoms with van der Waals surface area (Å²) in [6.45, 7) is 3.41. The molecule has 3 aromatic carbocycles. The number of anilines is 2. The third-order valence-corrected chi connectivity index (χ3v) is 10.2. The Labute approximate surface area is 260 Å². The lowest BCUT2D eigenvalue weighted by Crippen LogP contribution is -2.40. The van der Waals surface area contributed by atoms with Crippen molar-refractivity contribution in [3.05, 3.63) is 89.4 Å². The number of rotatable bonds is 10. The number of amides is 1. The number of fused-ring (bicyclic) bond motifs is 1. The van der Waals surface area contributed by atoms with Gasteiger partial charge in [-0.3, -0.25) is 9.59 Å². The summed E-state index contributed by atoms with van der Waals surface area (Å²) in [7, 11) is -2.43. The Bertz CT molecular complexity index is 1880. The summed E-state index contributed by atoms with van der Waals surface area (Å²) in [6, 6.07) is 13.8. The molecule has 5 rings (SSSR count). The van der Waals surface area contributed by atoms with Crippen LogP contribution in [0.4, 0.5) is 15.9 Å². The normalized spacial score (nSPS) is 17.3. The lowest BCUT2D eigenvalue weighted by Gasteiger charge is -2.33. The van der Waals surface area contributed by atoms with Crippen molar-refractivity contribution in [2.75, 3.05) is 30.5 Å². The number of aromatic nitrogens is 1. The van der Waals surface area contributed by atoms with E-state index in [1.54, 1.807) is 60.8 Å². The number of carboxylic acid groups (broad SMARTS) is 1. The molecule has 236 valence electrons. The Balaban J connectivity index is 1.67. The van der Waals surface area contributed by atoms with Crippen LogP contribution < -0.4 is 15.8 Å². The molecule has 1 fully saturated rings. The van der Waals surface area contributed by atoms with Gasteiger partial charge in [-0.25, -0.2) is 17.8 Å². The van der Waals surface area contributed by atoms with Crippen LogP contribution in [0, 0.1) is 11.7 Å². The van der Waals surface area contributed by atoms with Crippen molar-refractivity contribution in [3.8, 4) is 5.75 Å². The lowest BCUT2D eigenvalue weighted by atomic mass is 9.93. The predicted molar refractivity (Wildman–Crippen MR) is 169 cm³/mol. The van der Waals surface area contributed by atoms with E-state index in [9.17, 15) is 23.1 Å². The molecular formula is C33H35FN4O6S. The van der Waals surface area contributed by atoms with Crippen molar-refractivity contribution in [2.45, 2.75) is 43.7 Å². The Morgan fingerprint density at radius 2 is 1.91 bits per heavy atom. The molecule has 3 unspecified atom stereocenters. The average Bonchev–Trinajstić information content (AvgIpc) is 3.49. The summed E-state index contributed by atoms with van der Waals surface area (Å²) < 4.78 is 47.6. The number of nitrogens with zero attached hydrogens (tertiary/aromatic N) is 2. The molecule has 4 N–H and O–H groups in total. The monoisotopic (exact) mass is 634 g/mol. The zero-order valence-corrected chi connectivity index (χ0v) is 26.0. The van der Waals surface area contributed by atoms with Crippen LogP contribution in [-0.2, 0) is 25.8 Å². The average molecular weight is 635 g/mol. The summed E-state index contributed by atoms with van der Waals surface area (Å²) in [5.41, 5.74) is 7.45. The summed E-state index contributed by atoms with van der Waals surface area (Å²) in [5.74, 6) is -3.51. The van der Waals surface area contributed by atoms with E-state index < -0.39 is 45.5 Å². The SMILES string of the molecule is CCc1cc(OC)c(F)c(C(Nc2ccc3c(N)nccc3c2)C(=O)N2CCC(C(=O)O)C2c2ccccc2S(=O)(=O)CC)c1. The highest BCUT2D eigenvalue weighted by molar-refractivity contribution is 7.91. The maximum atomic E-state index is 16.1. The van der Waals surface area contributed by atoms with Crippen LogP contribution in [0.15, 0.2) is 71.8 Å². The van der Waals surface area contributed by atoms with E-state index in [2.05, 4.69) is 10.3 Å². The Kier molecular flexibility index (Phi) is 8.96. The molecule has 0 aliphatic carbocycles. The molecule has 1 aliphatic rings. The van der Waals surface area contributed by atoms with Crippen LogP contribution in [0.1, 0.15) is 49.0 Å². The second-order valence-corrected chi connectivity index (χ2v) is 13.2. The number of halogens is 1. The zero-order valence-electron chi connectivity index (χ0n) is 25.2. The van der Waals surface area contributed by atoms with Crippen molar-refractivity contribution in [2.24, 2.45) is 5.92 Å². The summed E-state index contributed by atoms with van der Waals surface area (Å²) in [5, 5.41) is 14.8. The topological polar surface area (TPSA) is 152 Å². The molecule has 0 bridgehead atoms. The Morgan fingerprint density at radius 3 is 2.60 bits per heavy atom. The van der Waals surface area contributed by atoms with Crippen molar-refractivity contribution >= 4 is 44.0 Å². The van der Waals surface area contributed by atoms with Crippen LogP contribution in [0.25, 0.3) is 10.8 Å². The van der Waals surface area contributed by atoms with Gasteiger partial charge in [0.25, 0.3) is 0 Å². The highest BCUT2D eigenvalue weighted by atomic mass is 32.2. The van der Waals surface area contributed by atoms with Crippen molar-refractivity contribution in [1.29, 1.82) is 0 Å². The van der Waals surface area contributed by atoms with E-state index in [-0.39, 0.29) is 40.5 Å². The number of nitrogen functional groups attached to an aromatic ring is 1. The van der Waals surface area contributed by atoms with Crippen LogP contribution in [-0.4, -0.2) is 54.7 Å². The molecule has 12 heteroatoms. The van der Waals surface area contributed by atoms with Crippen LogP contribution in [0.3, 0.4) is 0 Å². The first-order valence-corrected chi connectivity index (χ1v) is 16.3. The third-order valence-electron chi connectivity index (χ3n) is 8.37. The smallest absolute Gasteiger partial charge is 0.309 e. The fourth-order valence-corrected chi connectivity index (χ4v) is 7.13. The number of nitrogens with two attached hydrogens (primary N) is 1. The maximum Gasteiger partial charge on any atom is 0.309 e. The van der Waals surface area contributed by atoms with Gasteiger partial charge < -0.3 is 25.8 Å². The number of aryl methyl sites for hydroxylation is 1. The van der Waals surface area contributed by atoms with E-state index in [1.807, 2.05) is 6.92 Å². The number of sulfone groups is 1. The molecule has 1 aromatic heterocycles. The summed E-state index contributed by atoms with van der Waals surface area (Å²) >= 11 is 0. The van der Waals surface area contributed by atoms with E-state index >= 15 is 4.39 Å². The molecule has 3 atom stereocenters. The molecule has 10 nitrogen and oxygen atoms in total. The number of carboxylic acids is 1. The number of ether oxygens (including phenoxy) is 1. The van der Waals surface area contributed by atoms with E-state index in [0.29, 0.717) is 23.3 Å². The van der Waals surface area contributed by atoms with Gasteiger partial charge in [0.15, 0.2) is 21.4 Å². The number of benzene rings is 3. The predicted octanol–water partition coefficient (Wildman–Crippen LogP) is 5.15. The molecule has 2 heterocycles. The number of hydrogen-bond acceptors (Lipinski definition) is 8. The van der Waals surface area contributed by atoms with E-state index in [0.717, 1.165) is 10.9 Å². The number of carbonyl (C=O) groups is 2. The van der Waals surface area contributed by atoms with Crippen LogP contribution in [0.2, 0.25) is 0 Å². The van der Waals surface area contributed by atoms with Gasteiger partial charge in [0.1, 0.15) is 11.9 Å². The van der Waals surface area contributed by atoms with E-state index in [1.165, 1.54) is 25.0 Å². The zero-order chi connectivity index (χ0) is 32.5. The molecule has 4 aromatic rings. The molecule has 1 aliphatic heterocycles. The maximum absolute atomic E-state index is 16.1. The number of aliphatic carboxylic acids is 1. The number of carbonyl (C=O) groups excluding carboxylic acids is 1. The fraction of sp³-hybridized carbons (Fsp3) is 0.303. The Hall–Kier alpha value is -4.71. The standard InChI is InChI=1S/C33H35FN4O6S/c1-4-19-16-25(28(34)26(17-19)44-3)29(37-21-10-11-22-20(18-21)12-14-36-31(22)35)32(39)38-15-13-24(33(40)41)30(38)23-8-6-7-9-27(23)45(42,43)5-2/h6-12,14,16-18,24,29-30,37H,4-5,13,15H2,1-3H3,(H2,35,36)(H,40,41).